The van der Waals surface area contributed by atoms with Crippen LogP contribution in [-0.2, 0) is 17.9 Å². The lowest BCUT2D eigenvalue weighted by Gasteiger charge is -2.33. The van der Waals surface area contributed by atoms with Crippen molar-refractivity contribution in [1.29, 1.82) is 0 Å². The largest absolute Gasteiger partial charge is 0.444 e. The van der Waals surface area contributed by atoms with E-state index >= 15 is 0 Å². The summed E-state index contributed by atoms with van der Waals surface area (Å²) in [5.74, 6) is 0.618. The Morgan fingerprint density at radius 2 is 1.73 bits per heavy atom. The van der Waals surface area contributed by atoms with E-state index in [0.29, 0.717) is 37.5 Å². The van der Waals surface area contributed by atoms with Crippen LogP contribution in [0.5, 0.6) is 0 Å². The number of nitrogens with one attached hydrogen (secondary N) is 1. The van der Waals surface area contributed by atoms with Crippen LogP contribution in [0.25, 0.3) is 11.1 Å². The normalized spacial score (nSPS) is 13.4. The Bertz CT molecular complexity index is 1520. The highest BCUT2D eigenvalue weighted by Crippen LogP contribution is 2.34. The molecule has 0 atom stereocenters. The van der Waals surface area contributed by atoms with Gasteiger partial charge in [0.15, 0.2) is 0 Å². The fourth-order valence-electron chi connectivity index (χ4n) is 5.49. The van der Waals surface area contributed by atoms with Crippen LogP contribution in [0.1, 0.15) is 47.7 Å². The van der Waals surface area contributed by atoms with Gasteiger partial charge in [-0.15, -0.1) is 0 Å². The van der Waals surface area contributed by atoms with E-state index in [-0.39, 0.29) is 12.5 Å². The molecule has 44 heavy (non-hydrogen) atoms. The molecule has 1 aromatic heterocycles. The number of rotatable bonds is 11. The number of carbonyl (C=O) groups excluding carboxylic acids is 2. The molecule has 4 aromatic rings. The summed E-state index contributed by atoms with van der Waals surface area (Å²) < 4.78 is 5.57. The van der Waals surface area contributed by atoms with Gasteiger partial charge >= 0.3 is 6.09 Å². The van der Waals surface area contributed by atoms with E-state index < -0.39 is 6.09 Å². The summed E-state index contributed by atoms with van der Waals surface area (Å²) in [4.78, 5) is 34.5. The van der Waals surface area contributed by atoms with Gasteiger partial charge in [-0.1, -0.05) is 61.5 Å². The first-order valence-electron chi connectivity index (χ1n) is 15.4. The molecule has 0 bridgehead atoms. The molecule has 2 amide bonds. The summed E-state index contributed by atoms with van der Waals surface area (Å²) in [7, 11) is 0. The van der Waals surface area contributed by atoms with E-state index in [1.807, 2.05) is 59.5 Å². The number of ether oxygens (including phenoxy) is 1. The standard InChI is InChI=1S/C36H41N5O3/c1-27-15-20-40(21-16-27)34-14-13-31(23-33(34)39-36(43)44-26-28-8-3-2-4-9-28)30-11-5-10-29(22-30)25-41(19-7-17-37)35(42)32-12-6-18-38-24-32/h2-6,8-14,18,22-24,27H,7,15-17,19-21,25-26,37H2,1H3,(H,39,43). The zero-order valence-corrected chi connectivity index (χ0v) is 25.3. The van der Waals surface area contributed by atoms with Crippen LogP contribution in [0, 0.1) is 5.92 Å². The van der Waals surface area contributed by atoms with Gasteiger partial charge in [-0.05, 0) is 84.3 Å². The van der Waals surface area contributed by atoms with Gasteiger partial charge in [0.1, 0.15) is 6.61 Å². The van der Waals surface area contributed by atoms with Gasteiger partial charge in [0.25, 0.3) is 5.91 Å². The molecule has 1 saturated heterocycles. The van der Waals surface area contributed by atoms with E-state index in [4.69, 9.17) is 10.5 Å². The topological polar surface area (TPSA) is 101 Å². The van der Waals surface area contributed by atoms with E-state index in [0.717, 1.165) is 59.6 Å². The van der Waals surface area contributed by atoms with Crippen LogP contribution in [0.3, 0.4) is 0 Å². The number of hydrogen-bond donors (Lipinski definition) is 2. The van der Waals surface area contributed by atoms with Crippen LogP contribution in [0.15, 0.2) is 97.3 Å². The number of pyridine rings is 1. The third kappa shape index (κ3) is 8.23. The monoisotopic (exact) mass is 591 g/mol. The Hall–Kier alpha value is -4.69. The highest BCUT2D eigenvalue weighted by molar-refractivity contribution is 5.94. The minimum Gasteiger partial charge on any atom is -0.444 e. The summed E-state index contributed by atoms with van der Waals surface area (Å²) in [6.45, 7) is 5.86. The fourth-order valence-corrected chi connectivity index (χ4v) is 5.49. The maximum Gasteiger partial charge on any atom is 0.412 e. The second-order valence-electron chi connectivity index (χ2n) is 11.4. The van der Waals surface area contributed by atoms with Crippen molar-refractivity contribution in [2.75, 3.05) is 36.4 Å². The minimum absolute atomic E-state index is 0.0716. The van der Waals surface area contributed by atoms with Gasteiger partial charge in [-0.2, -0.15) is 0 Å². The number of benzene rings is 3. The van der Waals surface area contributed by atoms with E-state index in [9.17, 15) is 9.59 Å². The van der Waals surface area contributed by atoms with E-state index in [1.54, 1.807) is 24.5 Å². The molecule has 228 valence electrons. The predicted molar refractivity (Wildman–Crippen MR) is 175 cm³/mol. The van der Waals surface area contributed by atoms with Crippen LogP contribution >= 0.6 is 0 Å². The Kier molecular flexibility index (Phi) is 10.6. The molecule has 2 heterocycles. The number of aromatic nitrogens is 1. The Morgan fingerprint density at radius 3 is 2.48 bits per heavy atom. The summed E-state index contributed by atoms with van der Waals surface area (Å²) in [5, 5.41) is 3.03. The van der Waals surface area contributed by atoms with E-state index in [2.05, 4.69) is 40.3 Å². The first-order chi connectivity index (χ1) is 21.5. The summed E-state index contributed by atoms with van der Waals surface area (Å²) in [6.07, 6.45) is 5.69. The van der Waals surface area contributed by atoms with Crippen molar-refractivity contribution in [2.24, 2.45) is 11.7 Å². The van der Waals surface area contributed by atoms with Crippen molar-refractivity contribution >= 4 is 23.4 Å². The van der Waals surface area contributed by atoms with Gasteiger partial charge in [0, 0.05) is 38.6 Å². The molecule has 0 radical (unpaired) electrons. The molecule has 0 saturated carbocycles. The Labute approximate surface area is 259 Å². The molecule has 8 heteroatoms. The lowest BCUT2D eigenvalue weighted by atomic mass is 9.97. The fraction of sp³-hybridized carbons (Fsp3) is 0.306. The van der Waals surface area contributed by atoms with E-state index in [1.165, 1.54) is 0 Å². The number of anilines is 2. The molecular formula is C36H41N5O3. The molecule has 1 fully saturated rings. The van der Waals surface area contributed by atoms with Crippen molar-refractivity contribution in [3.63, 3.8) is 0 Å². The molecule has 1 aliphatic rings. The van der Waals surface area contributed by atoms with Crippen molar-refractivity contribution < 1.29 is 14.3 Å². The first-order valence-corrected chi connectivity index (χ1v) is 15.4. The van der Waals surface area contributed by atoms with Gasteiger partial charge < -0.3 is 20.3 Å². The number of carbonyl (C=O) groups is 2. The smallest absolute Gasteiger partial charge is 0.412 e. The highest BCUT2D eigenvalue weighted by Gasteiger charge is 2.21. The van der Waals surface area contributed by atoms with Crippen molar-refractivity contribution in [1.82, 2.24) is 9.88 Å². The number of piperidine rings is 1. The average Bonchev–Trinajstić information content (AvgIpc) is 3.07. The van der Waals surface area contributed by atoms with Crippen LogP contribution in [0.2, 0.25) is 0 Å². The van der Waals surface area contributed by atoms with Gasteiger partial charge in [-0.25, -0.2) is 4.79 Å². The van der Waals surface area contributed by atoms with Crippen LogP contribution in [-0.4, -0.2) is 48.1 Å². The van der Waals surface area contributed by atoms with Crippen LogP contribution < -0.4 is 16.0 Å². The molecule has 1 aliphatic heterocycles. The van der Waals surface area contributed by atoms with Crippen molar-refractivity contribution in [3.05, 3.63) is 114 Å². The SMILES string of the molecule is CC1CCN(c2ccc(-c3cccc(CN(CCCN)C(=O)c4cccnc4)c3)cc2NC(=O)OCc2ccccc2)CC1. The van der Waals surface area contributed by atoms with Crippen molar-refractivity contribution in [2.45, 2.75) is 39.3 Å². The third-order valence-electron chi connectivity index (χ3n) is 8.03. The molecule has 3 N–H and O–H groups in total. The molecule has 0 unspecified atom stereocenters. The Morgan fingerprint density at radius 1 is 0.955 bits per heavy atom. The molecule has 0 aliphatic carbocycles. The molecule has 0 spiro atoms. The predicted octanol–water partition coefficient (Wildman–Crippen LogP) is 6.72. The maximum absolute atomic E-state index is 13.3. The zero-order valence-electron chi connectivity index (χ0n) is 25.3. The molecule has 5 rings (SSSR count). The lowest BCUT2D eigenvalue weighted by molar-refractivity contribution is 0.0741. The van der Waals surface area contributed by atoms with Gasteiger partial charge in [0.05, 0.1) is 16.9 Å². The third-order valence-corrected chi connectivity index (χ3v) is 8.03. The van der Waals surface area contributed by atoms with Gasteiger partial charge in [0.2, 0.25) is 0 Å². The molecule has 3 aromatic carbocycles. The summed E-state index contributed by atoms with van der Waals surface area (Å²) in [5.41, 5.74) is 11.9. The number of hydrogen-bond acceptors (Lipinski definition) is 6. The Balaban J connectivity index is 1.38. The van der Waals surface area contributed by atoms with Crippen LogP contribution in [0.4, 0.5) is 16.2 Å². The zero-order chi connectivity index (χ0) is 30.7. The van der Waals surface area contributed by atoms with Gasteiger partial charge in [-0.3, -0.25) is 15.1 Å². The van der Waals surface area contributed by atoms with Crippen molar-refractivity contribution in [3.8, 4) is 11.1 Å². The lowest BCUT2D eigenvalue weighted by Crippen LogP contribution is -2.33. The average molecular weight is 592 g/mol. The number of amides is 2. The first kappa shape index (κ1) is 30.8. The summed E-state index contributed by atoms with van der Waals surface area (Å²) in [6, 6.07) is 27.6. The second kappa shape index (κ2) is 15.2. The molecule has 8 nitrogen and oxygen atoms in total. The minimum atomic E-state index is -0.490. The summed E-state index contributed by atoms with van der Waals surface area (Å²) >= 11 is 0. The quantitative estimate of drug-likeness (QED) is 0.201. The molecular weight excluding hydrogens is 550 g/mol. The second-order valence-corrected chi connectivity index (χ2v) is 11.4. The number of nitrogens with zero attached hydrogens (tertiary/aromatic N) is 3. The maximum atomic E-state index is 13.3. The number of nitrogens with two attached hydrogens (primary N) is 1. The highest BCUT2D eigenvalue weighted by atomic mass is 16.5.